The van der Waals surface area contributed by atoms with Crippen LogP contribution in [0.25, 0.3) is 0 Å². The number of carboxylic acid groups (broad SMARTS) is 1. The Kier molecular flexibility index (Phi) is 10.3. The number of aromatic nitrogens is 4. The van der Waals surface area contributed by atoms with Crippen molar-refractivity contribution in [1.82, 2.24) is 19.9 Å². The highest BCUT2D eigenvalue weighted by Gasteiger charge is 2.36. The van der Waals surface area contributed by atoms with Gasteiger partial charge >= 0.3 is 25.6 Å². The minimum absolute atomic E-state index is 0.00733. The van der Waals surface area contributed by atoms with Gasteiger partial charge in [-0.25, -0.2) is 9.18 Å². The average Bonchev–Trinajstić information content (AvgIpc) is 3.05. The molecule has 0 amide bonds. The predicted molar refractivity (Wildman–Crippen MR) is 154 cm³/mol. The molecule has 2 heterocycles. The molecule has 15 nitrogen and oxygen atoms in total. The van der Waals surface area contributed by atoms with E-state index in [1.165, 1.54) is 64.8 Å². The Morgan fingerprint density at radius 2 is 1.22 bits per heavy atom. The minimum atomic E-state index is -4.20. The fourth-order valence-corrected chi connectivity index (χ4v) is 5.35. The van der Waals surface area contributed by atoms with E-state index in [2.05, 4.69) is 19.9 Å². The molecule has 0 spiro atoms. The van der Waals surface area contributed by atoms with Gasteiger partial charge in [0.25, 0.3) is 0 Å². The number of aromatic carboxylic acids is 1. The lowest BCUT2D eigenvalue weighted by molar-refractivity contribution is 0.0690. The molecule has 0 fully saturated rings. The van der Waals surface area contributed by atoms with Gasteiger partial charge in [-0.3, -0.25) is 4.57 Å². The Balaban J connectivity index is 2.08. The zero-order valence-corrected chi connectivity index (χ0v) is 25.8. The molecule has 238 valence electrons. The maximum atomic E-state index is 14.0. The van der Waals surface area contributed by atoms with E-state index >= 15 is 0 Å². The van der Waals surface area contributed by atoms with E-state index in [0.717, 1.165) is 20.3 Å². The lowest BCUT2D eigenvalue weighted by atomic mass is 10.00. The molecule has 0 radical (unpaired) electrons. The molecule has 45 heavy (non-hydrogen) atoms. The highest BCUT2D eigenvalue weighted by molar-refractivity contribution is 7.62. The number of nitrogens with zero attached hydrogens (tertiary/aromatic N) is 4. The van der Waals surface area contributed by atoms with E-state index in [1.54, 1.807) is 0 Å². The fraction of sp³-hybridized carbons (Fsp3) is 0.250. The number of carboxylic acids is 1. The molecule has 2 aromatic heterocycles. The van der Waals surface area contributed by atoms with Crippen LogP contribution in [0, 0.1) is 5.82 Å². The lowest BCUT2D eigenvalue weighted by Crippen LogP contribution is -2.20. The summed E-state index contributed by atoms with van der Waals surface area (Å²) in [5.74, 6) is -2.77. The molecule has 4 rings (SSSR count). The second-order valence-electron chi connectivity index (χ2n) is 8.72. The SMILES string of the molecule is COc1cc(OC)nc(Oc2cc(P(=O)(OC)OC)c(Cc3ccc(F)cc3)c(Oc3nc(OC)cc(OC)n3)c2C(=O)O)n1. The van der Waals surface area contributed by atoms with Crippen LogP contribution in [0.5, 0.6) is 47.0 Å². The number of hydrogen-bond donors (Lipinski definition) is 1. The highest BCUT2D eigenvalue weighted by Crippen LogP contribution is 2.50. The van der Waals surface area contributed by atoms with Gasteiger partial charge in [0.1, 0.15) is 17.1 Å². The van der Waals surface area contributed by atoms with Crippen LogP contribution >= 0.6 is 7.60 Å². The Hall–Kier alpha value is -5.05. The summed E-state index contributed by atoms with van der Waals surface area (Å²) < 4.78 is 71.0. The summed E-state index contributed by atoms with van der Waals surface area (Å²) >= 11 is 0. The number of halogens is 1. The van der Waals surface area contributed by atoms with E-state index in [9.17, 15) is 18.9 Å². The second-order valence-corrected chi connectivity index (χ2v) is 10.9. The zero-order valence-electron chi connectivity index (χ0n) is 24.9. The van der Waals surface area contributed by atoms with Gasteiger partial charge in [0.2, 0.25) is 23.5 Å². The first-order chi connectivity index (χ1) is 21.6. The molecular formula is C28H28FN4O11P. The molecule has 0 bridgehead atoms. The normalized spacial score (nSPS) is 11.1. The maximum Gasteiger partial charge on any atom is 0.361 e. The van der Waals surface area contributed by atoms with Crippen LogP contribution in [0.4, 0.5) is 4.39 Å². The predicted octanol–water partition coefficient (Wildman–Crippen LogP) is 4.42. The quantitative estimate of drug-likeness (QED) is 0.190. The van der Waals surface area contributed by atoms with Gasteiger partial charge in [0, 0.05) is 26.2 Å². The Bertz CT molecular complexity index is 1690. The monoisotopic (exact) mass is 646 g/mol. The van der Waals surface area contributed by atoms with Crippen LogP contribution in [0.2, 0.25) is 0 Å². The first-order valence-electron chi connectivity index (χ1n) is 12.8. The van der Waals surface area contributed by atoms with Crippen LogP contribution in [-0.4, -0.2) is 73.7 Å². The molecule has 0 aliphatic carbocycles. The highest BCUT2D eigenvalue weighted by atomic mass is 31.2. The third-order valence-corrected chi connectivity index (χ3v) is 8.11. The molecule has 0 saturated heterocycles. The standard InChI is InChI=1S/C28H28FN4O11P/c1-37-20-13-21(38-2)31-27(30-20)43-18-12-19(45(36,41-5)42-6)17(11-15-7-9-16(29)10-8-15)25(24(18)26(34)35)44-28-32-22(39-3)14-23(33-28)40-4/h7-10,12-14H,11H2,1-6H3,(H,34,35). The van der Waals surface area contributed by atoms with Crippen molar-refractivity contribution in [3.05, 3.63) is 65.0 Å². The van der Waals surface area contributed by atoms with Crippen molar-refractivity contribution in [2.75, 3.05) is 42.7 Å². The molecule has 17 heteroatoms. The molecule has 1 N–H and O–H groups in total. The van der Waals surface area contributed by atoms with E-state index < -0.39 is 42.5 Å². The van der Waals surface area contributed by atoms with E-state index in [0.29, 0.717) is 5.56 Å². The summed E-state index contributed by atoms with van der Waals surface area (Å²) in [6.07, 6.45) is -0.146. The molecule has 0 aliphatic rings. The first-order valence-corrected chi connectivity index (χ1v) is 14.3. The number of rotatable bonds is 14. The van der Waals surface area contributed by atoms with Crippen LogP contribution in [0.3, 0.4) is 0 Å². The van der Waals surface area contributed by atoms with Crippen LogP contribution in [0.15, 0.2) is 42.5 Å². The third kappa shape index (κ3) is 7.37. The Labute approximate surface area is 256 Å². The van der Waals surface area contributed by atoms with Gasteiger partial charge in [-0.15, -0.1) is 0 Å². The van der Waals surface area contributed by atoms with Gasteiger partial charge in [-0.05, 0) is 23.8 Å². The third-order valence-electron chi connectivity index (χ3n) is 6.16. The van der Waals surface area contributed by atoms with Crippen molar-refractivity contribution in [3.63, 3.8) is 0 Å². The largest absolute Gasteiger partial charge is 0.481 e. The zero-order chi connectivity index (χ0) is 32.7. The second kappa shape index (κ2) is 14.2. The molecule has 0 aliphatic heterocycles. The molecule has 0 unspecified atom stereocenters. The number of ether oxygens (including phenoxy) is 6. The van der Waals surface area contributed by atoms with Crippen molar-refractivity contribution in [1.29, 1.82) is 0 Å². The van der Waals surface area contributed by atoms with Crippen molar-refractivity contribution < 1.29 is 56.3 Å². The fourth-order valence-electron chi connectivity index (χ4n) is 4.02. The van der Waals surface area contributed by atoms with Crippen LogP contribution in [0.1, 0.15) is 21.5 Å². The topological polar surface area (TPSA) is 180 Å². The molecule has 0 atom stereocenters. The van der Waals surface area contributed by atoms with Crippen molar-refractivity contribution >= 4 is 18.9 Å². The molecular weight excluding hydrogens is 618 g/mol. The van der Waals surface area contributed by atoms with E-state index in [4.69, 9.17) is 37.5 Å². The number of benzene rings is 2. The molecule has 4 aromatic rings. The molecule has 0 saturated carbocycles. The number of methoxy groups -OCH3 is 4. The van der Waals surface area contributed by atoms with E-state index in [1.807, 2.05) is 0 Å². The van der Waals surface area contributed by atoms with Crippen LogP contribution < -0.4 is 33.7 Å². The molecule has 2 aromatic carbocycles. The van der Waals surface area contributed by atoms with Gasteiger partial charge in [0.05, 0.1) is 45.9 Å². The summed E-state index contributed by atoms with van der Waals surface area (Å²) in [6, 6.07) is 8.43. The minimum Gasteiger partial charge on any atom is -0.481 e. The summed E-state index contributed by atoms with van der Waals surface area (Å²) in [4.78, 5) is 29.4. The summed E-state index contributed by atoms with van der Waals surface area (Å²) in [5, 5.41) is 10.4. The lowest BCUT2D eigenvalue weighted by Gasteiger charge is -2.23. The van der Waals surface area contributed by atoms with Crippen molar-refractivity contribution in [2.45, 2.75) is 6.42 Å². The number of carbonyl (C=O) groups is 1. The van der Waals surface area contributed by atoms with Crippen molar-refractivity contribution in [2.24, 2.45) is 0 Å². The van der Waals surface area contributed by atoms with Crippen molar-refractivity contribution in [3.8, 4) is 47.0 Å². The average molecular weight is 647 g/mol. The Morgan fingerprint density at radius 3 is 1.64 bits per heavy atom. The Morgan fingerprint density at radius 1 is 0.756 bits per heavy atom. The summed E-state index contributed by atoms with van der Waals surface area (Å²) in [6.45, 7) is 0. The summed E-state index contributed by atoms with van der Waals surface area (Å²) in [7, 11) is 3.47. The van der Waals surface area contributed by atoms with Gasteiger partial charge in [-0.2, -0.15) is 19.9 Å². The van der Waals surface area contributed by atoms with Gasteiger partial charge in [-0.1, -0.05) is 12.1 Å². The van der Waals surface area contributed by atoms with Gasteiger partial charge < -0.3 is 42.6 Å². The van der Waals surface area contributed by atoms with Gasteiger partial charge in [0.15, 0.2) is 5.75 Å². The number of hydrogen-bond acceptors (Lipinski definition) is 14. The smallest absolute Gasteiger partial charge is 0.361 e. The van der Waals surface area contributed by atoms with E-state index in [-0.39, 0.29) is 46.8 Å². The maximum absolute atomic E-state index is 14.0. The summed E-state index contributed by atoms with van der Waals surface area (Å²) in [5.41, 5.74) is -0.0884. The first kappa shape index (κ1) is 32.9. The van der Waals surface area contributed by atoms with Crippen LogP contribution in [-0.2, 0) is 20.0 Å².